The van der Waals surface area contributed by atoms with E-state index in [-0.39, 0.29) is 16.9 Å². The minimum atomic E-state index is 0.0697. The first-order valence-corrected chi connectivity index (χ1v) is 19.9. The molecule has 0 radical (unpaired) electrons. The molecule has 0 aliphatic carbocycles. The summed E-state index contributed by atoms with van der Waals surface area (Å²) in [6.07, 6.45) is 13.3. The second-order valence-electron chi connectivity index (χ2n) is 17.1. The average Bonchev–Trinajstić information content (AvgIpc) is 3.16. The van der Waals surface area contributed by atoms with Crippen molar-refractivity contribution in [3.05, 3.63) is 188 Å². The van der Waals surface area contributed by atoms with Crippen molar-refractivity contribution in [2.24, 2.45) is 16.7 Å². The van der Waals surface area contributed by atoms with E-state index in [0.29, 0.717) is 5.92 Å². The number of para-hydroxylation sites is 2. The Hall–Kier alpha value is -5.34. The summed E-state index contributed by atoms with van der Waals surface area (Å²) in [5, 5.41) is 0. The first kappa shape index (κ1) is 40.8. The molecule has 0 aliphatic heterocycles. The minimum Gasteiger partial charge on any atom is -0.334 e. The lowest BCUT2D eigenvalue weighted by Gasteiger charge is -2.43. The van der Waals surface area contributed by atoms with Crippen molar-refractivity contribution in [1.82, 2.24) is 0 Å². The zero-order valence-electron chi connectivity index (χ0n) is 34.6. The molecule has 2 atom stereocenters. The molecule has 0 spiro atoms. The van der Waals surface area contributed by atoms with E-state index in [4.69, 9.17) is 0 Å². The quantitative estimate of drug-likeness (QED) is 0.0991. The summed E-state index contributed by atoms with van der Waals surface area (Å²) < 4.78 is 0. The summed E-state index contributed by atoms with van der Waals surface area (Å²) in [5.41, 5.74) is 12.4. The minimum absolute atomic E-state index is 0.0697. The van der Waals surface area contributed by atoms with Crippen LogP contribution in [-0.2, 0) is 6.42 Å². The maximum absolute atomic E-state index is 4.22. The largest absolute Gasteiger partial charge is 0.334 e. The monoisotopic (exact) mass is 726 g/mol. The molecular formula is C53H62N2. The van der Waals surface area contributed by atoms with Crippen LogP contribution in [-0.4, -0.2) is 6.04 Å². The fourth-order valence-corrected chi connectivity index (χ4v) is 7.68. The molecule has 0 heterocycles. The number of aryl methyl sites for hydroxylation is 2. The number of hydrogen-bond donors (Lipinski definition) is 0. The van der Waals surface area contributed by atoms with Crippen LogP contribution in [0.3, 0.4) is 0 Å². The van der Waals surface area contributed by atoms with Crippen molar-refractivity contribution < 1.29 is 0 Å². The molecule has 284 valence electrons. The van der Waals surface area contributed by atoms with E-state index in [9.17, 15) is 0 Å². The molecule has 0 saturated carbocycles. The fraction of sp³-hybridized carbons (Fsp3) is 0.283. The number of hydrogen-bond acceptors (Lipinski definition) is 2. The number of benzene rings is 5. The third kappa shape index (κ3) is 10.7. The number of rotatable bonds is 15. The van der Waals surface area contributed by atoms with Crippen LogP contribution in [0, 0.1) is 23.7 Å². The highest BCUT2D eigenvalue weighted by Gasteiger charge is 2.36. The standard InChI is InChI=1S/C53H62N2/c1-11-13-14-17-23-44-38-43(42-30-35-48(36-31-42)55(45-24-18-15-19-25-45)46-26-20-16-21-27-46)32-37-51(44)54(47-33-28-40(3)29-34-47)41(4)49(22-12-2)50(53(8,9)10)39-52(5,6)7/h11-16,18-22,24-38,41,50H,1-2,17,23,39H2,3-10H3/b14-13-,49-22+. The zero-order chi connectivity index (χ0) is 39.6. The van der Waals surface area contributed by atoms with Gasteiger partial charge in [-0.2, -0.15) is 0 Å². The molecule has 0 saturated heterocycles. The second-order valence-corrected chi connectivity index (χ2v) is 17.1. The SMILES string of the molecule is C=C/C=C\CCc1cc(-c2ccc(N(c3ccccc3)c3ccccc3)cc2)ccc1N(c1ccc(C)cc1)C(C)/C(=C\C=C)C(CC(C)(C)C)C(C)(C)C. The van der Waals surface area contributed by atoms with Crippen molar-refractivity contribution in [2.75, 3.05) is 9.80 Å². The number of allylic oxidation sites excluding steroid dienone is 5. The maximum atomic E-state index is 4.22. The predicted molar refractivity (Wildman–Crippen MR) is 242 cm³/mol. The van der Waals surface area contributed by atoms with E-state index in [1.54, 1.807) is 0 Å². The van der Waals surface area contributed by atoms with Gasteiger partial charge in [-0.3, -0.25) is 0 Å². The van der Waals surface area contributed by atoms with Gasteiger partial charge in [0.2, 0.25) is 0 Å². The Labute approximate surface area is 333 Å². The molecule has 0 amide bonds. The van der Waals surface area contributed by atoms with Crippen LogP contribution in [0.5, 0.6) is 0 Å². The van der Waals surface area contributed by atoms with Gasteiger partial charge in [0.25, 0.3) is 0 Å². The van der Waals surface area contributed by atoms with Crippen LogP contribution in [0.15, 0.2) is 177 Å². The van der Waals surface area contributed by atoms with E-state index in [2.05, 4.69) is 224 Å². The van der Waals surface area contributed by atoms with Crippen LogP contribution in [0.25, 0.3) is 11.1 Å². The second kappa shape index (κ2) is 18.3. The van der Waals surface area contributed by atoms with Crippen molar-refractivity contribution in [2.45, 2.75) is 80.7 Å². The molecule has 0 fully saturated rings. The fourth-order valence-electron chi connectivity index (χ4n) is 7.68. The Bertz CT molecular complexity index is 2000. The molecule has 0 aromatic heterocycles. The molecule has 0 aliphatic rings. The zero-order valence-corrected chi connectivity index (χ0v) is 34.6. The molecule has 5 rings (SSSR count). The van der Waals surface area contributed by atoms with E-state index in [1.165, 1.54) is 39.2 Å². The lowest BCUT2D eigenvalue weighted by Crippen LogP contribution is -2.38. The Kier molecular flexibility index (Phi) is 13.6. The Morgan fingerprint density at radius 2 is 1.20 bits per heavy atom. The molecule has 2 nitrogen and oxygen atoms in total. The van der Waals surface area contributed by atoms with Crippen molar-refractivity contribution in [3.8, 4) is 11.1 Å². The summed E-state index contributed by atoms with van der Waals surface area (Å²) >= 11 is 0. The topological polar surface area (TPSA) is 6.48 Å². The summed E-state index contributed by atoms with van der Waals surface area (Å²) in [4.78, 5) is 4.89. The smallest absolute Gasteiger partial charge is 0.0529 e. The third-order valence-electron chi connectivity index (χ3n) is 10.4. The Morgan fingerprint density at radius 3 is 1.73 bits per heavy atom. The van der Waals surface area contributed by atoms with Crippen LogP contribution < -0.4 is 9.80 Å². The summed E-state index contributed by atoms with van der Waals surface area (Å²) in [6.45, 7) is 26.9. The van der Waals surface area contributed by atoms with E-state index in [0.717, 1.165) is 36.3 Å². The van der Waals surface area contributed by atoms with E-state index in [1.807, 2.05) is 12.2 Å². The van der Waals surface area contributed by atoms with Gasteiger partial charge in [0.1, 0.15) is 0 Å². The lowest BCUT2D eigenvalue weighted by atomic mass is 9.67. The van der Waals surface area contributed by atoms with E-state index < -0.39 is 0 Å². The van der Waals surface area contributed by atoms with Gasteiger partial charge in [0.05, 0.1) is 6.04 Å². The van der Waals surface area contributed by atoms with Gasteiger partial charge in [-0.05, 0) is 133 Å². The summed E-state index contributed by atoms with van der Waals surface area (Å²) in [7, 11) is 0. The highest BCUT2D eigenvalue weighted by atomic mass is 15.2. The molecule has 5 aromatic carbocycles. The van der Waals surface area contributed by atoms with E-state index >= 15 is 0 Å². The van der Waals surface area contributed by atoms with Gasteiger partial charge < -0.3 is 9.80 Å². The number of anilines is 5. The Morgan fingerprint density at radius 1 is 0.655 bits per heavy atom. The van der Waals surface area contributed by atoms with Gasteiger partial charge in [-0.25, -0.2) is 0 Å². The third-order valence-corrected chi connectivity index (χ3v) is 10.4. The predicted octanol–water partition coefficient (Wildman–Crippen LogP) is 15.5. The molecule has 2 unspecified atom stereocenters. The van der Waals surface area contributed by atoms with Crippen molar-refractivity contribution in [3.63, 3.8) is 0 Å². The van der Waals surface area contributed by atoms with Crippen LogP contribution in [0.1, 0.15) is 72.4 Å². The van der Waals surface area contributed by atoms with Gasteiger partial charge >= 0.3 is 0 Å². The highest BCUT2D eigenvalue weighted by molar-refractivity contribution is 5.79. The van der Waals surface area contributed by atoms with Gasteiger partial charge in [-0.15, -0.1) is 0 Å². The van der Waals surface area contributed by atoms with Gasteiger partial charge in [0.15, 0.2) is 0 Å². The summed E-state index contributed by atoms with van der Waals surface area (Å²) in [5.74, 6) is 0.358. The molecule has 0 N–H and O–H groups in total. The molecule has 5 aromatic rings. The maximum Gasteiger partial charge on any atom is 0.0529 e. The Balaban J connectivity index is 1.62. The van der Waals surface area contributed by atoms with Gasteiger partial charge in [-0.1, -0.05) is 157 Å². The van der Waals surface area contributed by atoms with Crippen LogP contribution in [0.2, 0.25) is 0 Å². The molecule has 0 bridgehead atoms. The summed E-state index contributed by atoms with van der Waals surface area (Å²) in [6, 6.07) is 46.4. The highest BCUT2D eigenvalue weighted by Crippen LogP contribution is 2.45. The first-order chi connectivity index (χ1) is 26.3. The van der Waals surface area contributed by atoms with Crippen LogP contribution in [0.4, 0.5) is 28.4 Å². The molecule has 2 heteroatoms. The number of nitrogens with zero attached hydrogens (tertiary/aromatic N) is 2. The lowest BCUT2D eigenvalue weighted by molar-refractivity contribution is 0.190. The molecule has 55 heavy (non-hydrogen) atoms. The van der Waals surface area contributed by atoms with Crippen LogP contribution >= 0.6 is 0 Å². The normalized spacial score (nSPS) is 13.3. The first-order valence-electron chi connectivity index (χ1n) is 19.9. The van der Waals surface area contributed by atoms with Crippen molar-refractivity contribution >= 4 is 28.4 Å². The molecular weight excluding hydrogens is 665 g/mol. The van der Waals surface area contributed by atoms with Crippen molar-refractivity contribution in [1.29, 1.82) is 0 Å². The average molecular weight is 727 g/mol. The van der Waals surface area contributed by atoms with Gasteiger partial charge in [0, 0.05) is 28.4 Å².